The topological polar surface area (TPSA) is 67.7 Å². The number of halogens is 2. The van der Waals surface area contributed by atoms with Crippen molar-refractivity contribution in [2.75, 3.05) is 13.6 Å². The number of pyridine rings is 1. The Morgan fingerprint density at radius 3 is 2.75 bits per heavy atom. The second-order valence-electron chi connectivity index (χ2n) is 6.28. The van der Waals surface area contributed by atoms with Crippen molar-refractivity contribution < 1.29 is 13.5 Å². The molecule has 0 spiro atoms. The summed E-state index contributed by atoms with van der Waals surface area (Å²) in [5, 5.41) is 6.28. The zero-order valence-corrected chi connectivity index (χ0v) is 16.1. The molecule has 2 N–H and O–H groups in total. The Bertz CT molecular complexity index is 837. The fourth-order valence-electron chi connectivity index (χ4n) is 2.72. The summed E-state index contributed by atoms with van der Waals surface area (Å²) in [5.41, 5.74) is 1.58. The van der Waals surface area contributed by atoms with Crippen molar-refractivity contribution in [3.63, 3.8) is 0 Å². The predicted molar refractivity (Wildman–Crippen MR) is 106 cm³/mol. The van der Waals surface area contributed by atoms with Crippen LogP contribution in [-0.2, 0) is 13.1 Å². The summed E-state index contributed by atoms with van der Waals surface area (Å²) >= 11 is 0. The molecule has 28 heavy (non-hydrogen) atoms. The first-order chi connectivity index (χ1) is 13.5. The molecule has 0 saturated carbocycles. The van der Waals surface area contributed by atoms with Crippen LogP contribution in [0.25, 0.3) is 0 Å². The van der Waals surface area contributed by atoms with Crippen LogP contribution in [0.3, 0.4) is 0 Å². The van der Waals surface area contributed by atoms with E-state index < -0.39 is 6.61 Å². The number of rotatable bonds is 9. The number of ether oxygens (including phenoxy) is 1. The first kappa shape index (κ1) is 21.4. The zero-order chi connectivity index (χ0) is 20.4. The fourth-order valence-corrected chi connectivity index (χ4v) is 2.72. The van der Waals surface area contributed by atoms with E-state index in [0.717, 1.165) is 18.4 Å². The molecule has 0 aliphatic rings. The molecule has 0 bridgehead atoms. The van der Waals surface area contributed by atoms with E-state index in [-0.39, 0.29) is 11.3 Å². The number of hydrogen-bond acceptors (Lipinski definition) is 3. The Balaban J connectivity index is 1.78. The van der Waals surface area contributed by atoms with Gasteiger partial charge in [-0.1, -0.05) is 23.8 Å². The molecule has 8 heteroatoms. The maximum atomic E-state index is 12.6. The lowest BCUT2D eigenvalue weighted by atomic mass is 10.1. The highest BCUT2D eigenvalue weighted by atomic mass is 19.3. The number of benzene rings is 1. The number of nitrogens with one attached hydrogen (secondary N) is 2. The van der Waals surface area contributed by atoms with Gasteiger partial charge in [-0.25, -0.2) is 0 Å². The molecule has 0 saturated heterocycles. The predicted octanol–water partition coefficient (Wildman–Crippen LogP) is 2.90. The van der Waals surface area contributed by atoms with E-state index in [2.05, 4.69) is 20.4 Å². The van der Waals surface area contributed by atoms with Crippen molar-refractivity contribution in [1.82, 2.24) is 15.2 Å². The Morgan fingerprint density at radius 1 is 1.21 bits per heavy atom. The summed E-state index contributed by atoms with van der Waals surface area (Å²) in [4.78, 5) is 15.8. The number of aliphatic imine (C=N–C) groups is 1. The van der Waals surface area contributed by atoms with Crippen LogP contribution < -0.4 is 20.9 Å². The lowest BCUT2D eigenvalue weighted by Gasteiger charge is -2.15. The lowest BCUT2D eigenvalue weighted by Crippen LogP contribution is -2.37. The highest BCUT2D eigenvalue weighted by Gasteiger charge is 2.10. The summed E-state index contributed by atoms with van der Waals surface area (Å²) in [7, 11) is 1.64. The SMILES string of the molecule is CN=C(NCCCCn1ccccc1=O)NCc1cc(C)ccc1OC(F)F. The Morgan fingerprint density at radius 2 is 2.04 bits per heavy atom. The molecule has 0 radical (unpaired) electrons. The number of aromatic nitrogens is 1. The third kappa shape index (κ3) is 7.02. The Labute approximate surface area is 163 Å². The van der Waals surface area contributed by atoms with Crippen LogP contribution >= 0.6 is 0 Å². The minimum absolute atomic E-state index is 0.00656. The van der Waals surface area contributed by atoms with Crippen molar-refractivity contribution in [3.05, 3.63) is 64.1 Å². The van der Waals surface area contributed by atoms with Crippen LogP contribution in [0.1, 0.15) is 24.0 Å². The average molecular weight is 392 g/mol. The summed E-state index contributed by atoms with van der Waals surface area (Å²) in [6.07, 6.45) is 3.47. The number of unbranched alkanes of at least 4 members (excludes halogenated alkanes) is 1. The fraction of sp³-hybridized carbons (Fsp3) is 0.400. The van der Waals surface area contributed by atoms with Gasteiger partial charge in [-0.2, -0.15) is 8.78 Å². The van der Waals surface area contributed by atoms with Crippen molar-refractivity contribution >= 4 is 5.96 Å². The van der Waals surface area contributed by atoms with Gasteiger partial charge in [0.15, 0.2) is 5.96 Å². The number of hydrogen-bond donors (Lipinski definition) is 2. The van der Waals surface area contributed by atoms with Gasteiger partial charge >= 0.3 is 6.61 Å². The third-order valence-corrected chi connectivity index (χ3v) is 4.12. The third-order valence-electron chi connectivity index (χ3n) is 4.12. The molecular weight excluding hydrogens is 366 g/mol. The van der Waals surface area contributed by atoms with E-state index in [0.29, 0.717) is 31.2 Å². The molecule has 1 aromatic carbocycles. The summed E-state index contributed by atoms with van der Waals surface area (Å²) in [5.74, 6) is 0.721. The molecule has 0 atom stereocenters. The molecule has 2 rings (SSSR count). The Hall–Kier alpha value is -2.90. The van der Waals surface area contributed by atoms with E-state index in [1.807, 2.05) is 13.0 Å². The minimum atomic E-state index is -2.86. The van der Waals surface area contributed by atoms with Gasteiger partial charge in [-0.3, -0.25) is 9.79 Å². The molecule has 0 aliphatic heterocycles. The Kier molecular flexibility index (Phi) is 8.45. The molecule has 1 heterocycles. The highest BCUT2D eigenvalue weighted by molar-refractivity contribution is 5.79. The molecule has 0 aliphatic carbocycles. The van der Waals surface area contributed by atoms with E-state index in [4.69, 9.17) is 0 Å². The van der Waals surface area contributed by atoms with Gasteiger partial charge in [0.1, 0.15) is 5.75 Å². The minimum Gasteiger partial charge on any atom is -0.434 e. The van der Waals surface area contributed by atoms with Crippen LogP contribution in [0.2, 0.25) is 0 Å². The van der Waals surface area contributed by atoms with Gasteiger partial charge in [0.05, 0.1) is 0 Å². The van der Waals surface area contributed by atoms with Gasteiger partial charge in [-0.05, 0) is 31.9 Å². The second-order valence-corrected chi connectivity index (χ2v) is 6.28. The first-order valence-electron chi connectivity index (χ1n) is 9.14. The normalized spacial score (nSPS) is 11.5. The smallest absolute Gasteiger partial charge is 0.387 e. The van der Waals surface area contributed by atoms with Gasteiger partial charge in [0, 0.05) is 44.5 Å². The second kappa shape index (κ2) is 11.1. The molecule has 0 unspecified atom stereocenters. The van der Waals surface area contributed by atoms with Gasteiger partial charge in [-0.15, -0.1) is 0 Å². The standard InChI is InChI=1S/C20H26F2N4O2/c1-15-8-9-17(28-19(21)22)16(13-15)14-25-20(23-2)24-10-4-6-12-26-11-5-3-7-18(26)27/h3,5,7-9,11,13,19H,4,6,10,12,14H2,1-2H3,(H2,23,24,25). The molecule has 0 amide bonds. The van der Waals surface area contributed by atoms with Crippen molar-refractivity contribution in [2.45, 2.75) is 39.5 Å². The molecule has 1 aromatic heterocycles. The zero-order valence-electron chi connectivity index (χ0n) is 16.1. The number of nitrogens with zero attached hydrogens (tertiary/aromatic N) is 2. The number of aryl methyl sites for hydroxylation is 2. The van der Waals surface area contributed by atoms with Crippen LogP contribution in [0.5, 0.6) is 5.75 Å². The van der Waals surface area contributed by atoms with E-state index in [1.54, 1.807) is 48.1 Å². The van der Waals surface area contributed by atoms with Crippen LogP contribution in [0.15, 0.2) is 52.4 Å². The average Bonchev–Trinajstić information content (AvgIpc) is 2.67. The number of guanidine groups is 1. The number of alkyl halides is 2. The highest BCUT2D eigenvalue weighted by Crippen LogP contribution is 2.21. The quantitative estimate of drug-likeness (QED) is 0.391. The van der Waals surface area contributed by atoms with Crippen LogP contribution in [0.4, 0.5) is 8.78 Å². The van der Waals surface area contributed by atoms with Crippen LogP contribution in [0, 0.1) is 6.92 Å². The van der Waals surface area contributed by atoms with E-state index >= 15 is 0 Å². The molecule has 6 nitrogen and oxygen atoms in total. The molecule has 0 fully saturated rings. The largest absolute Gasteiger partial charge is 0.434 e. The summed E-state index contributed by atoms with van der Waals surface area (Å²) in [6, 6.07) is 10.2. The summed E-state index contributed by atoms with van der Waals surface area (Å²) in [6.45, 7) is 0.667. The maximum absolute atomic E-state index is 12.6. The maximum Gasteiger partial charge on any atom is 0.387 e. The van der Waals surface area contributed by atoms with Gasteiger partial charge in [0.2, 0.25) is 5.56 Å². The lowest BCUT2D eigenvalue weighted by molar-refractivity contribution is -0.0504. The van der Waals surface area contributed by atoms with Crippen molar-refractivity contribution in [1.29, 1.82) is 0 Å². The molecular formula is C20H26F2N4O2. The molecule has 152 valence electrons. The van der Waals surface area contributed by atoms with Gasteiger partial charge < -0.3 is 19.9 Å². The van der Waals surface area contributed by atoms with Crippen LogP contribution in [-0.4, -0.2) is 30.7 Å². The van der Waals surface area contributed by atoms with E-state index in [1.165, 1.54) is 0 Å². The molecule has 2 aromatic rings. The van der Waals surface area contributed by atoms with Gasteiger partial charge in [0.25, 0.3) is 0 Å². The first-order valence-corrected chi connectivity index (χ1v) is 9.14. The van der Waals surface area contributed by atoms with Crippen molar-refractivity contribution in [3.8, 4) is 5.75 Å². The van der Waals surface area contributed by atoms with E-state index in [9.17, 15) is 13.6 Å². The summed E-state index contributed by atoms with van der Waals surface area (Å²) < 4.78 is 31.4. The monoisotopic (exact) mass is 392 g/mol. The van der Waals surface area contributed by atoms with Crippen molar-refractivity contribution in [2.24, 2.45) is 4.99 Å².